The first-order chi connectivity index (χ1) is 8.65. The Morgan fingerprint density at radius 2 is 2.11 bits per heavy atom. The third kappa shape index (κ3) is 2.62. The molecule has 1 aromatic carbocycles. The van der Waals surface area contributed by atoms with Crippen LogP contribution in [0.4, 0.5) is 5.69 Å². The number of nitrogens with zero attached hydrogens (tertiary/aromatic N) is 1. The molecule has 0 unspecified atom stereocenters. The van der Waals surface area contributed by atoms with Gasteiger partial charge in [0.2, 0.25) is 0 Å². The maximum atomic E-state index is 9.11. The van der Waals surface area contributed by atoms with Crippen molar-refractivity contribution in [3.63, 3.8) is 0 Å². The van der Waals surface area contributed by atoms with E-state index in [4.69, 9.17) is 27.2 Å². The van der Waals surface area contributed by atoms with Crippen LogP contribution in [0.2, 0.25) is 5.02 Å². The average molecular weight is 271 g/mol. The molecule has 1 heterocycles. The van der Waals surface area contributed by atoms with Gasteiger partial charge in [0.1, 0.15) is 0 Å². The van der Waals surface area contributed by atoms with Gasteiger partial charge >= 0.3 is 0 Å². The van der Waals surface area contributed by atoms with E-state index in [9.17, 15) is 0 Å². The summed E-state index contributed by atoms with van der Waals surface area (Å²) in [5, 5.41) is 9.76. The molecule has 5 heteroatoms. The topological polar surface area (TPSA) is 58.7 Å². The molecule has 0 aliphatic carbocycles. The zero-order chi connectivity index (χ0) is 13.1. The van der Waals surface area contributed by atoms with Crippen LogP contribution in [0.5, 0.6) is 0 Å². The first-order valence-corrected chi connectivity index (χ1v) is 6.51. The van der Waals surface area contributed by atoms with Crippen LogP contribution in [0, 0.1) is 6.92 Å². The molecule has 3 N–H and O–H groups in total. The number of aliphatic hydroxyl groups excluding tert-OH is 1. The van der Waals surface area contributed by atoms with Crippen molar-refractivity contribution in [3.05, 3.63) is 28.3 Å². The van der Waals surface area contributed by atoms with Gasteiger partial charge in [0.15, 0.2) is 0 Å². The lowest BCUT2D eigenvalue weighted by Crippen LogP contribution is -2.36. The Hall–Kier alpha value is -0.810. The highest BCUT2D eigenvalue weighted by Crippen LogP contribution is 2.32. The zero-order valence-electron chi connectivity index (χ0n) is 10.5. The normalized spacial score (nSPS) is 17.9. The van der Waals surface area contributed by atoms with Gasteiger partial charge in [-0.25, -0.2) is 0 Å². The van der Waals surface area contributed by atoms with Gasteiger partial charge in [-0.3, -0.25) is 0 Å². The van der Waals surface area contributed by atoms with E-state index in [-0.39, 0.29) is 6.61 Å². The number of hydrogen-bond acceptors (Lipinski definition) is 4. The Morgan fingerprint density at radius 3 is 2.72 bits per heavy atom. The van der Waals surface area contributed by atoms with Crippen LogP contribution in [0.15, 0.2) is 12.1 Å². The van der Waals surface area contributed by atoms with Gasteiger partial charge in [-0.2, -0.15) is 0 Å². The molecule has 100 valence electrons. The van der Waals surface area contributed by atoms with E-state index in [0.717, 1.165) is 43.1 Å². The number of anilines is 1. The van der Waals surface area contributed by atoms with Crippen LogP contribution < -0.4 is 10.6 Å². The van der Waals surface area contributed by atoms with Crippen molar-refractivity contribution >= 4 is 17.3 Å². The number of aliphatic hydroxyl groups is 1. The molecular formula is C13H19ClN2O2. The molecule has 0 aromatic heterocycles. The molecule has 2 rings (SSSR count). The van der Waals surface area contributed by atoms with Crippen molar-refractivity contribution in [1.29, 1.82) is 0 Å². The van der Waals surface area contributed by atoms with Crippen molar-refractivity contribution in [1.82, 2.24) is 0 Å². The molecule has 1 aliphatic rings. The van der Waals surface area contributed by atoms with Gasteiger partial charge in [0.25, 0.3) is 0 Å². The minimum atomic E-state index is -0.421. The second kappa shape index (κ2) is 5.89. The van der Waals surface area contributed by atoms with Crippen molar-refractivity contribution in [2.24, 2.45) is 5.73 Å². The summed E-state index contributed by atoms with van der Waals surface area (Å²) in [5.41, 5.74) is 8.76. The Kier molecular flexibility index (Phi) is 4.45. The number of ether oxygens (including phenoxy) is 1. The Morgan fingerprint density at radius 1 is 1.44 bits per heavy atom. The van der Waals surface area contributed by atoms with Crippen LogP contribution in [0.3, 0.4) is 0 Å². The van der Waals surface area contributed by atoms with Gasteiger partial charge < -0.3 is 20.5 Å². The molecule has 1 atom stereocenters. The maximum absolute atomic E-state index is 9.11. The number of nitrogens with two attached hydrogens (primary N) is 1. The number of hydrogen-bond donors (Lipinski definition) is 2. The SMILES string of the molecule is Cc1c(N2CCOCC2)ccc([C@@H](N)CO)c1Cl. The smallest absolute Gasteiger partial charge is 0.0642 e. The lowest BCUT2D eigenvalue weighted by atomic mass is 10.0. The highest BCUT2D eigenvalue weighted by molar-refractivity contribution is 6.32. The van der Waals surface area contributed by atoms with Crippen molar-refractivity contribution in [2.75, 3.05) is 37.8 Å². The van der Waals surface area contributed by atoms with E-state index in [1.807, 2.05) is 19.1 Å². The van der Waals surface area contributed by atoms with Crippen molar-refractivity contribution in [2.45, 2.75) is 13.0 Å². The van der Waals surface area contributed by atoms with Crippen LogP contribution in [-0.4, -0.2) is 38.0 Å². The third-order valence-corrected chi connectivity index (χ3v) is 3.84. The highest BCUT2D eigenvalue weighted by atomic mass is 35.5. The summed E-state index contributed by atoms with van der Waals surface area (Å²) in [6.07, 6.45) is 0. The van der Waals surface area contributed by atoms with E-state index in [0.29, 0.717) is 5.02 Å². The van der Waals surface area contributed by atoms with E-state index in [1.165, 1.54) is 0 Å². The molecule has 0 radical (unpaired) electrons. The molecule has 0 amide bonds. The molecule has 4 nitrogen and oxygen atoms in total. The largest absolute Gasteiger partial charge is 0.394 e. The summed E-state index contributed by atoms with van der Waals surface area (Å²) in [6.45, 7) is 5.13. The predicted molar refractivity (Wildman–Crippen MR) is 73.2 cm³/mol. The number of rotatable bonds is 3. The minimum absolute atomic E-state index is 0.101. The van der Waals surface area contributed by atoms with E-state index in [1.54, 1.807) is 0 Å². The van der Waals surface area contributed by atoms with Crippen molar-refractivity contribution < 1.29 is 9.84 Å². The fourth-order valence-electron chi connectivity index (χ4n) is 2.23. The summed E-state index contributed by atoms with van der Waals surface area (Å²) in [7, 11) is 0. The minimum Gasteiger partial charge on any atom is -0.394 e. The summed E-state index contributed by atoms with van der Waals surface area (Å²) >= 11 is 6.34. The predicted octanol–water partition coefficient (Wildman–Crippen LogP) is 1.48. The molecule has 1 saturated heterocycles. The standard InChI is InChI=1S/C13H19ClN2O2/c1-9-12(16-4-6-18-7-5-16)3-2-10(13(9)14)11(15)8-17/h2-3,11,17H,4-8,15H2,1H3/t11-/m0/s1. The van der Waals surface area contributed by atoms with Gasteiger partial charge in [-0.05, 0) is 24.1 Å². The fraction of sp³-hybridized carbons (Fsp3) is 0.538. The highest BCUT2D eigenvalue weighted by Gasteiger charge is 2.18. The van der Waals surface area contributed by atoms with Gasteiger partial charge in [0.05, 0.1) is 30.9 Å². The first kappa shape index (κ1) is 13.6. The van der Waals surface area contributed by atoms with E-state index >= 15 is 0 Å². The summed E-state index contributed by atoms with van der Waals surface area (Å²) in [4.78, 5) is 2.26. The quantitative estimate of drug-likeness (QED) is 0.873. The summed E-state index contributed by atoms with van der Waals surface area (Å²) < 4.78 is 5.34. The third-order valence-electron chi connectivity index (χ3n) is 3.34. The average Bonchev–Trinajstić information content (AvgIpc) is 2.42. The molecule has 18 heavy (non-hydrogen) atoms. The van der Waals surface area contributed by atoms with Crippen LogP contribution in [0.25, 0.3) is 0 Å². The maximum Gasteiger partial charge on any atom is 0.0642 e. The van der Waals surface area contributed by atoms with Crippen LogP contribution >= 0.6 is 11.6 Å². The number of halogens is 1. The van der Waals surface area contributed by atoms with Crippen molar-refractivity contribution in [3.8, 4) is 0 Å². The number of benzene rings is 1. The first-order valence-electron chi connectivity index (χ1n) is 6.13. The molecule has 0 saturated carbocycles. The van der Waals surface area contributed by atoms with Gasteiger partial charge in [0, 0.05) is 18.8 Å². The molecule has 1 aromatic rings. The van der Waals surface area contributed by atoms with Gasteiger partial charge in [-0.1, -0.05) is 17.7 Å². The van der Waals surface area contributed by atoms with Crippen LogP contribution in [0.1, 0.15) is 17.2 Å². The Labute approximate surface area is 112 Å². The molecule has 0 bridgehead atoms. The molecular weight excluding hydrogens is 252 g/mol. The summed E-state index contributed by atoms with van der Waals surface area (Å²) in [6, 6.07) is 3.51. The lowest BCUT2D eigenvalue weighted by Gasteiger charge is -2.31. The molecule has 1 fully saturated rings. The van der Waals surface area contributed by atoms with E-state index in [2.05, 4.69) is 4.90 Å². The van der Waals surface area contributed by atoms with Crippen LogP contribution in [-0.2, 0) is 4.74 Å². The Bertz CT molecular complexity index is 420. The monoisotopic (exact) mass is 270 g/mol. The number of morpholine rings is 1. The molecule has 1 aliphatic heterocycles. The molecule has 0 spiro atoms. The zero-order valence-corrected chi connectivity index (χ0v) is 11.3. The fourth-order valence-corrected chi connectivity index (χ4v) is 2.53. The lowest BCUT2D eigenvalue weighted by molar-refractivity contribution is 0.122. The summed E-state index contributed by atoms with van der Waals surface area (Å²) in [5.74, 6) is 0. The van der Waals surface area contributed by atoms with Gasteiger partial charge in [-0.15, -0.1) is 0 Å². The van der Waals surface area contributed by atoms with E-state index < -0.39 is 6.04 Å². The second-order valence-electron chi connectivity index (χ2n) is 4.50. The second-order valence-corrected chi connectivity index (χ2v) is 4.88. The Balaban J connectivity index is 2.30.